The lowest BCUT2D eigenvalue weighted by atomic mass is 10.1. The van der Waals surface area contributed by atoms with Gasteiger partial charge >= 0.3 is 0 Å². The highest BCUT2D eigenvalue weighted by atomic mass is 16.2. The number of nitrogens with one attached hydrogen (secondary N) is 1. The lowest BCUT2D eigenvalue weighted by Crippen LogP contribution is -2.43. The van der Waals surface area contributed by atoms with Crippen molar-refractivity contribution in [1.29, 1.82) is 0 Å². The van der Waals surface area contributed by atoms with Gasteiger partial charge in [0.05, 0.1) is 6.04 Å². The molecular formula is C16H24N2O. The molecule has 1 saturated heterocycles. The van der Waals surface area contributed by atoms with Crippen molar-refractivity contribution in [1.82, 2.24) is 10.2 Å². The monoisotopic (exact) mass is 260 g/mol. The fourth-order valence-electron chi connectivity index (χ4n) is 2.46. The summed E-state index contributed by atoms with van der Waals surface area (Å²) in [6.45, 7) is 6.72. The Balaban J connectivity index is 1.81. The van der Waals surface area contributed by atoms with Crippen molar-refractivity contribution >= 4 is 5.91 Å². The molecule has 1 aromatic rings. The van der Waals surface area contributed by atoms with Crippen molar-refractivity contribution in [3.63, 3.8) is 0 Å². The maximum Gasteiger partial charge on any atom is 0.239 e. The largest absolute Gasteiger partial charge is 0.341 e. The average Bonchev–Trinajstić information content (AvgIpc) is 2.98. The molecule has 1 amide bonds. The van der Waals surface area contributed by atoms with E-state index >= 15 is 0 Å². The summed E-state index contributed by atoms with van der Waals surface area (Å²) in [4.78, 5) is 14.1. The minimum Gasteiger partial charge on any atom is -0.341 e. The van der Waals surface area contributed by atoms with Crippen molar-refractivity contribution in [2.45, 2.75) is 45.7 Å². The van der Waals surface area contributed by atoms with E-state index in [2.05, 4.69) is 36.5 Å². The van der Waals surface area contributed by atoms with Crippen LogP contribution in [-0.2, 0) is 17.8 Å². The van der Waals surface area contributed by atoms with E-state index in [4.69, 9.17) is 0 Å². The van der Waals surface area contributed by atoms with E-state index in [1.165, 1.54) is 11.1 Å². The van der Waals surface area contributed by atoms with Crippen LogP contribution in [-0.4, -0.2) is 29.9 Å². The Morgan fingerprint density at radius 1 is 1.21 bits per heavy atom. The Morgan fingerprint density at radius 3 is 2.37 bits per heavy atom. The molecule has 19 heavy (non-hydrogen) atoms. The molecule has 2 rings (SSSR count). The van der Waals surface area contributed by atoms with Crippen LogP contribution in [0, 0.1) is 0 Å². The molecule has 1 N–H and O–H groups in total. The number of likely N-dealkylation sites (tertiary alicyclic amines) is 1. The normalized spacial score (nSPS) is 16.6. The summed E-state index contributed by atoms with van der Waals surface area (Å²) >= 11 is 0. The fourth-order valence-corrected chi connectivity index (χ4v) is 2.46. The van der Waals surface area contributed by atoms with Gasteiger partial charge in [0.25, 0.3) is 0 Å². The van der Waals surface area contributed by atoms with Crippen molar-refractivity contribution < 1.29 is 4.79 Å². The number of benzene rings is 1. The number of nitrogens with zero attached hydrogens (tertiary/aromatic N) is 1. The Hall–Kier alpha value is -1.35. The minimum atomic E-state index is -0.0936. The van der Waals surface area contributed by atoms with Gasteiger partial charge in [-0.1, -0.05) is 31.2 Å². The quantitative estimate of drug-likeness (QED) is 0.881. The SMILES string of the molecule is CCc1ccc(CNC(C)C(=O)N2CCCC2)cc1. The van der Waals surface area contributed by atoms with Crippen LogP contribution in [0.25, 0.3) is 0 Å². The Morgan fingerprint density at radius 2 is 1.79 bits per heavy atom. The Kier molecular flexibility index (Phi) is 4.97. The first kappa shape index (κ1) is 14.1. The predicted molar refractivity (Wildman–Crippen MR) is 77.9 cm³/mol. The van der Waals surface area contributed by atoms with E-state index < -0.39 is 0 Å². The van der Waals surface area contributed by atoms with Crippen molar-refractivity contribution in [2.75, 3.05) is 13.1 Å². The summed E-state index contributed by atoms with van der Waals surface area (Å²) in [6.07, 6.45) is 3.37. The van der Waals surface area contributed by atoms with Crippen molar-refractivity contribution in [3.8, 4) is 0 Å². The van der Waals surface area contributed by atoms with Crippen molar-refractivity contribution in [2.24, 2.45) is 0 Å². The summed E-state index contributed by atoms with van der Waals surface area (Å²) in [5.41, 5.74) is 2.59. The van der Waals surface area contributed by atoms with Gasteiger partial charge in [0.1, 0.15) is 0 Å². The van der Waals surface area contributed by atoms with Crippen LogP contribution in [0.3, 0.4) is 0 Å². The van der Waals surface area contributed by atoms with Crippen molar-refractivity contribution in [3.05, 3.63) is 35.4 Å². The molecule has 3 heteroatoms. The maximum absolute atomic E-state index is 12.1. The number of amides is 1. The minimum absolute atomic E-state index is 0.0936. The van der Waals surface area contributed by atoms with Gasteiger partial charge in [-0.2, -0.15) is 0 Å². The molecule has 0 aliphatic carbocycles. The van der Waals surface area contributed by atoms with Gasteiger partial charge in [0, 0.05) is 19.6 Å². The predicted octanol–water partition coefficient (Wildman–Crippen LogP) is 2.35. The molecule has 3 nitrogen and oxygen atoms in total. The lowest BCUT2D eigenvalue weighted by molar-refractivity contribution is -0.131. The van der Waals surface area contributed by atoms with Gasteiger partial charge in [0.15, 0.2) is 0 Å². The lowest BCUT2D eigenvalue weighted by Gasteiger charge is -2.21. The number of aryl methyl sites for hydroxylation is 1. The highest BCUT2D eigenvalue weighted by Crippen LogP contribution is 2.10. The number of rotatable bonds is 5. The maximum atomic E-state index is 12.1. The van der Waals surface area contributed by atoms with Crippen LogP contribution in [0.1, 0.15) is 37.8 Å². The average molecular weight is 260 g/mol. The molecule has 1 aliphatic rings. The third-order valence-electron chi connectivity index (χ3n) is 3.83. The first-order chi connectivity index (χ1) is 9.20. The summed E-state index contributed by atoms with van der Waals surface area (Å²) < 4.78 is 0. The number of hydrogen-bond donors (Lipinski definition) is 1. The summed E-state index contributed by atoms with van der Waals surface area (Å²) in [7, 11) is 0. The Bertz CT molecular complexity index is 407. The molecule has 0 bridgehead atoms. The third kappa shape index (κ3) is 3.80. The second-order valence-electron chi connectivity index (χ2n) is 5.31. The van der Waals surface area contributed by atoms with Crippen LogP contribution >= 0.6 is 0 Å². The van der Waals surface area contributed by atoms with Gasteiger partial charge in [0.2, 0.25) is 5.91 Å². The molecule has 1 atom stereocenters. The van der Waals surface area contributed by atoms with E-state index in [0.717, 1.165) is 38.9 Å². The van der Waals surface area contributed by atoms with Crippen LogP contribution < -0.4 is 5.32 Å². The van der Waals surface area contributed by atoms with E-state index in [0.29, 0.717) is 0 Å². The molecule has 1 aliphatic heterocycles. The molecule has 0 aromatic heterocycles. The molecule has 1 heterocycles. The van der Waals surface area contributed by atoms with Gasteiger partial charge in [-0.25, -0.2) is 0 Å². The molecule has 0 spiro atoms. The highest BCUT2D eigenvalue weighted by Gasteiger charge is 2.22. The first-order valence-electron chi connectivity index (χ1n) is 7.30. The molecule has 0 radical (unpaired) electrons. The zero-order valence-electron chi connectivity index (χ0n) is 12.0. The van der Waals surface area contributed by atoms with E-state index in [-0.39, 0.29) is 11.9 Å². The number of hydrogen-bond acceptors (Lipinski definition) is 2. The van der Waals surface area contributed by atoms with Gasteiger partial charge < -0.3 is 10.2 Å². The van der Waals surface area contributed by atoms with Crippen LogP contribution in [0.5, 0.6) is 0 Å². The number of carbonyl (C=O) groups is 1. The molecule has 0 saturated carbocycles. The van der Waals surface area contributed by atoms with E-state index in [9.17, 15) is 4.79 Å². The standard InChI is InChI=1S/C16H24N2O/c1-3-14-6-8-15(9-7-14)12-17-13(2)16(19)18-10-4-5-11-18/h6-9,13,17H,3-5,10-12H2,1-2H3. The number of carbonyl (C=O) groups excluding carboxylic acids is 1. The molecule has 1 aromatic carbocycles. The van der Waals surface area contributed by atoms with Gasteiger partial charge in [-0.05, 0) is 37.3 Å². The zero-order chi connectivity index (χ0) is 13.7. The fraction of sp³-hybridized carbons (Fsp3) is 0.562. The smallest absolute Gasteiger partial charge is 0.239 e. The summed E-state index contributed by atoms with van der Waals surface area (Å²) in [5, 5.41) is 3.32. The summed E-state index contributed by atoms with van der Waals surface area (Å²) in [5.74, 6) is 0.239. The molecular weight excluding hydrogens is 236 g/mol. The van der Waals surface area contributed by atoms with Crippen LogP contribution in [0.4, 0.5) is 0 Å². The van der Waals surface area contributed by atoms with Crippen LogP contribution in [0.15, 0.2) is 24.3 Å². The summed E-state index contributed by atoms with van der Waals surface area (Å²) in [6, 6.07) is 8.50. The third-order valence-corrected chi connectivity index (χ3v) is 3.83. The van der Waals surface area contributed by atoms with Gasteiger partial charge in [-0.3, -0.25) is 4.79 Å². The first-order valence-corrected chi connectivity index (χ1v) is 7.30. The second kappa shape index (κ2) is 6.71. The molecule has 104 valence electrons. The Labute approximate surface area is 116 Å². The van der Waals surface area contributed by atoms with E-state index in [1.54, 1.807) is 0 Å². The molecule has 1 unspecified atom stereocenters. The van der Waals surface area contributed by atoms with Crippen LogP contribution in [0.2, 0.25) is 0 Å². The van der Waals surface area contributed by atoms with Gasteiger partial charge in [-0.15, -0.1) is 0 Å². The zero-order valence-corrected chi connectivity index (χ0v) is 12.0. The topological polar surface area (TPSA) is 32.3 Å². The molecule has 1 fully saturated rings. The van der Waals surface area contributed by atoms with E-state index in [1.807, 2.05) is 11.8 Å². The second-order valence-corrected chi connectivity index (χ2v) is 5.31. The highest BCUT2D eigenvalue weighted by molar-refractivity contribution is 5.81.